The van der Waals surface area contributed by atoms with Crippen molar-refractivity contribution in [1.29, 1.82) is 0 Å². The molecule has 1 amide bonds. The molecule has 0 aliphatic rings. The first kappa shape index (κ1) is 18.3. The Kier molecular flexibility index (Phi) is 4.92. The summed E-state index contributed by atoms with van der Waals surface area (Å²) in [7, 11) is 0. The van der Waals surface area contributed by atoms with Crippen LogP contribution < -0.4 is 0 Å². The van der Waals surface area contributed by atoms with Crippen LogP contribution in [0.1, 0.15) is 27.9 Å². The second-order valence-corrected chi connectivity index (χ2v) is 7.44. The average molecular weight is 395 g/mol. The van der Waals surface area contributed by atoms with E-state index in [0.717, 1.165) is 4.88 Å². The highest BCUT2D eigenvalue weighted by Crippen LogP contribution is 2.28. The van der Waals surface area contributed by atoms with Crippen LogP contribution in [0, 0.1) is 12.7 Å². The van der Waals surface area contributed by atoms with Crippen LogP contribution >= 0.6 is 11.3 Å². The predicted octanol–water partition coefficient (Wildman–Crippen LogP) is 5.06. The number of thiophene rings is 1. The molecule has 3 aromatic heterocycles. The third-order valence-corrected chi connectivity index (χ3v) is 5.44. The Hall–Kier alpha value is -3.06. The first-order valence-corrected chi connectivity index (χ1v) is 9.79. The molecule has 28 heavy (non-hydrogen) atoms. The molecule has 0 N–H and O–H groups in total. The van der Waals surface area contributed by atoms with Crippen molar-refractivity contribution in [2.75, 3.05) is 6.54 Å². The quantitative estimate of drug-likeness (QED) is 0.474. The van der Waals surface area contributed by atoms with Crippen molar-refractivity contribution in [1.82, 2.24) is 15.0 Å². The second-order valence-electron chi connectivity index (χ2n) is 6.41. The fourth-order valence-electron chi connectivity index (χ4n) is 3.12. The fraction of sp³-hybridized carbons (Fsp3) is 0.190. The van der Waals surface area contributed by atoms with Gasteiger partial charge < -0.3 is 9.42 Å². The molecule has 0 saturated carbocycles. The number of hydrogen-bond donors (Lipinski definition) is 0. The zero-order chi connectivity index (χ0) is 19.7. The van der Waals surface area contributed by atoms with Crippen molar-refractivity contribution in [2.24, 2.45) is 0 Å². The molecule has 7 heteroatoms. The van der Waals surface area contributed by atoms with Crippen LogP contribution in [0.15, 0.2) is 52.4 Å². The number of fused-ring (bicyclic) bond motifs is 1. The molecular weight excluding hydrogens is 377 g/mol. The second kappa shape index (κ2) is 7.52. The molecule has 0 saturated heterocycles. The SMILES string of the molecule is CCN(Cc1cccs1)C(=O)c1cc(-c2ccc(F)cc2)nc2onc(C)c12. The van der Waals surface area contributed by atoms with Gasteiger partial charge in [0.2, 0.25) is 0 Å². The van der Waals surface area contributed by atoms with Gasteiger partial charge >= 0.3 is 0 Å². The summed E-state index contributed by atoms with van der Waals surface area (Å²) in [5.74, 6) is -0.442. The van der Waals surface area contributed by atoms with Crippen LogP contribution in [0.5, 0.6) is 0 Å². The van der Waals surface area contributed by atoms with Gasteiger partial charge in [-0.2, -0.15) is 0 Å². The maximum Gasteiger partial charge on any atom is 0.259 e. The molecule has 0 bridgehead atoms. The van der Waals surface area contributed by atoms with E-state index < -0.39 is 0 Å². The lowest BCUT2D eigenvalue weighted by atomic mass is 10.0. The van der Waals surface area contributed by atoms with E-state index in [4.69, 9.17) is 4.52 Å². The molecule has 0 atom stereocenters. The Morgan fingerprint density at radius 1 is 1.25 bits per heavy atom. The number of carbonyl (C=O) groups excluding carboxylic acids is 1. The van der Waals surface area contributed by atoms with Crippen molar-refractivity contribution in [3.63, 3.8) is 0 Å². The van der Waals surface area contributed by atoms with Crippen LogP contribution in [0.25, 0.3) is 22.4 Å². The number of rotatable bonds is 5. The molecule has 0 aliphatic carbocycles. The van der Waals surface area contributed by atoms with E-state index in [1.807, 2.05) is 24.4 Å². The molecule has 4 aromatic rings. The summed E-state index contributed by atoms with van der Waals surface area (Å²) < 4.78 is 18.6. The summed E-state index contributed by atoms with van der Waals surface area (Å²) in [4.78, 5) is 20.7. The number of nitrogens with zero attached hydrogens (tertiary/aromatic N) is 3. The molecule has 0 spiro atoms. The number of carbonyl (C=O) groups is 1. The first-order chi connectivity index (χ1) is 13.6. The minimum atomic E-state index is -0.329. The van der Waals surface area contributed by atoms with Crippen molar-refractivity contribution >= 4 is 28.3 Å². The predicted molar refractivity (Wildman–Crippen MR) is 107 cm³/mol. The van der Waals surface area contributed by atoms with Crippen molar-refractivity contribution in [2.45, 2.75) is 20.4 Å². The molecule has 0 fully saturated rings. The maximum absolute atomic E-state index is 13.4. The number of hydrogen-bond acceptors (Lipinski definition) is 5. The van der Waals surface area contributed by atoms with E-state index in [9.17, 15) is 9.18 Å². The van der Waals surface area contributed by atoms with Gasteiger partial charge in [0.15, 0.2) is 0 Å². The molecule has 0 radical (unpaired) electrons. The normalized spacial score (nSPS) is 11.1. The standard InChI is InChI=1S/C21H18FN3O2S/c1-3-25(12-16-5-4-10-28-16)21(26)17-11-18(14-6-8-15(22)9-7-14)23-20-19(17)13(2)24-27-20/h4-11H,3,12H2,1-2H3. The lowest BCUT2D eigenvalue weighted by molar-refractivity contribution is 0.0756. The zero-order valence-corrected chi connectivity index (χ0v) is 16.3. The van der Waals surface area contributed by atoms with Gasteiger partial charge in [0.25, 0.3) is 11.6 Å². The van der Waals surface area contributed by atoms with Crippen LogP contribution in [0.4, 0.5) is 4.39 Å². The van der Waals surface area contributed by atoms with Gasteiger partial charge in [-0.1, -0.05) is 11.2 Å². The molecule has 5 nitrogen and oxygen atoms in total. The lowest BCUT2D eigenvalue weighted by Gasteiger charge is -2.21. The summed E-state index contributed by atoms with van der Waals surface area (Å²) >= 11 is 1.62. The Labute approximate surface area is 165 Å². The summed E-state index contributed by atoms with van der Waals surface area (Å²) in [5, 5.41) is 6.59. The van der Waals surface area contributed by atoms with Crippen LogP contribution in [0.3, 0.4) is 0 Å². The van der Waals surface area contributed by atoms with Crippen molar-refractivity contribution in [3.8, 4) is 11.3 Å². The van der Waals surface area contributed by atoms with Gasteiger partial charge in [-0.05, 0) is 55.6 Å². The third kappa shape index (κ3) is 3.41. The number of halogens is 1. The largest absolute Gasteiger partial charge is 0.335 e. The summed E-state index contributed by atoms with van der Waals surface area (Å²) in [6.45, 7) is 4.84. The molecule has 0 aliphatic heterocycles. The van der Waals surface area contributed by atoms with Gasteiger partial charge in [-0.15, -0.1) is 11.3 Å². The van der Waals surface area contributed by atoms with E-state index in [1.165, 1.54) is 12.1 Å². The van der Waals surface area contributed by atoms with Gasteiger partial charge in [0, 0.05) is 17.0 Å². The third-order valence-electron chi connectivity index (χ3n) is 4.58. The summed E-state index contributed by atoms with van der Waals surface area (Å²) in [5.41, 5.74) is 2.65. The molecule has 3 heterocycles. The summed E-state index contributed by atoms with van der Waals surface area (Å²) in [6, 6.07) is 11.7. The highest BCUT2D eigenvalue weighted by molar-refractivity contribution is 7.09. The Balaban J connectivity index is 1.80. The van der Waals surface area contributed by atoms with Gasteiger partial charge in [0.05, 0.1) is 28.9 Å². The van der Waals surface area contributed by atoms with E-state index >= 15 is 0 Å². The zero-order valence-electron chi connectivity index (χ0n) is 15.5. The molecule has 142 valence electrons. The average Bonchev–Trinajstić information content (AvgIpc) is 3.35. The van der Waals surface area contributed by atoms with Crippen molar-refractivity contribution < 1.29 is 13.7 Å². The molecule has 0 unspecified atom stereocenters. The number of aromatic nitrogens is 2. The van der Waals surface area contributed by atoms with E-state index in [0.29, 0.717) is 46.7 Å². The van der Waals surface area contributed by atoms with Crippen LogP contribution in [0.2, 0.25) is 0 Å². The number of aryl methyl sites for hydroxylation is 1. The lowest BCUT2D eigenvalue weighted by Crippen LogP contribution is -2.30. The molecule has 1 aromatic carbocycles. The number of benzene rings is 1. The molecule has 4 rings (SSSR count). The summed E-state index contributed by atoms with van der Waals surface area (Å²) in [6.07, 6.45) is 0. The van der Waals surface area contributed by atoms with Gasteiger partial charge in [0.1, 0.15) is 5.82 Å². The number of amides is 1. The smallest absolute Gasteiger partial charge is 0.259 e. The maximum atomic E-state index is 13.4. The highest BCUT2D eigenvalue weighted by atomic mass is 32.1. The van der Waals surface area contributed by atoms with Crippen molar-refractivity contribution in [3.05, 3.63) is 69.8 Å². The first-order valence-electron chi connectivity index (χ1n) is 8.91. The van der Waals surface area contributed by atoms with E-state index in [2.05, 4.69) is 10.1 Å². The fourth-order valence-corrected chi connectivity index (χ4v) is 3.84. The minimum absolute atomic E-state index is 0.113. The van der Waals surface area contributed by atoms with E-state index in [-0.39, 0.29) is 11.7 Å². The minimum Gasteiger partial charge on any atom is -0.335 e. The Morgan fingerprint density at radius 2 is 2.04 bits per heavy atom. The van der Waals surface area contributed by atoms with Crippen LogP contribution in [-0.4, -0.2) is 27.5 Å². The number of pyridine rings is 1. The topological polar surface area (TPSA) is 59.2 Å². The Bertz CT molecular complexity index is 1120. The highest BCUT2D eigenvalue weighted by Gasteiger charge is 2.23. The Morgan fingerprint density at radius 3 is 2.71 bits per heavy atom. The van der Waals surface area contributed by atoms with Crippen LogP contribution in [-0.2, 0) is 6.54 Å². The molecular formula is C21H18FN3O2S. The van der Waals surface area contributed by atoms with E-state index in [1.54, 1.807) is 41.4 Å². The monoisotopic (exact) mass is 395 g/mol. The van der Waals surface area contributed by atoms with Gasteiger partial charge in [-0.25, -0.2) is 9.37 Å². The van der Waals surface area contributed by atoms with Gasteiger partial charge in [-0.3, -0.25) is 4.79 Å².